The minimum absolute atomic E-state index is 0.269. The van der Waals surface area contributed by atoms with Gasteiger partial charge in [-0.1, -0.05) is 12.1 Å². The lowest BCUT2D eigenvalue weighted by Gasteiger charge is -2.22. The third kappa shape index (κ3) is 4.08. The molecule has 6 nitrogen and oxygen atoms in total. The number of benzene rings is 1. The zero-order valence-corrected chi connectivity index (χ0v) is 10.7. The summed E-state index contributed by atoms with van der Waals surface area (Å²) in [5.41, 5.74) is -0.347. The molecule has 0 saturated carbocycles. The number of anilines is 1. The van der Waals surface area contributed by atoms with Crippen LogP contribution in [0, 0.1) is 11.3 Å². The van der Waals surface area contributed by atoms with E-state index in [1.54, 1.807) is 26.0 Å². The van der Waals surface area contributed by atoms with Gasteiger partial charge in [-0.15, -0.1) is 0 Å². The van der Waals surface area contributed by atoms with E-state index in [-0.39, 0.29) is 17.9 Å². The van der Waals surface area contributed by atoms with Gasteiger partial charge in [0.15, 0.2) is 0 Å². The molecule has 0 aromatic heterocycles. The van der Waals surface area contributed by atoms with Crippen LogP contribution in [0.15, 0.2) is 24.3 Å². The molecular formula is C13H15N3O3. The normalized spacial score (nSPS) is 10.4. The number of carbonyl (C=O) groups excluding carboxylic acids is 2. The maximum absolute atomic E-state index is 11.7. The van der Waals surface area contributed by atoms with E-state index >= 15 is 0 Å². The number of hydrogen-bond acceptors (Lipinski definition) is 4. The average Bonchev–Trinajstić information content (AvgIpc) is 2.38. The fourth-order valence-corrected chi connectivity index (χ4v) is 1.27. The molecule has 0 fully saturated rings. The van der Waals surface area contributed by atoms with Crippen LogP contribution in [0.1, 0.15) is 19.4 Å². The Balaban J connectivity index is 2.75. The molecule has 0 aliphatic carbocycles. The molecule has 0 aliphatic heterocycles. The number of aliphatic hydroxyl groups is 1. The Labute approximate surface area is 111 Å². The number of rotatable bonds is 3. The Bertz CT molecular complexity index is 532. The van der Waals surface area contributed by atoms with Crippen molar-refractivity contribution in [3.05, 3.63) is 29.8 Å². The largest absolute Gasteiger partial charge is 0.394 e. The molecule has 0 heterocycles. The van der Waals surface area contributed by atoms with E-state index in [0.717, 1.165) is 0 Å². The molecule has 1 rings (SSSR count). The molecule has 100 valence electrons. The zero-order chi connectivity index (χ0) is 14.5. The van der Waals surface area contributed by atoms with E-state index in [1.165, 1.54) is 12.1 Å². The van der Waals surface area contributed by atoms with Crippen molar-refractivity contribution in [1.82, 2.24) is 5.32 Å². The number of amides is 2. The highest BCUT2D eigenvalue weighted by molar-refractivity contribution is 6.39. The Morgan fingerprint density at radius 2 is 1.95 bits per heavy atom. The molecule has 3 N–H and O–H groups in total. The van der Waals surface area contributed by atoms with E-state index < -0.39 is 17.4 Å². The molecule has 0 aliphatic rings. The lowest BCUT2D eigenvalue weighted by atomic mass is 10.1. The van der Waals surface area contributed by atoms with Crippen LogP contribution in [0.2, 0.25) is 0 Å². The molecule has 0 atom stereocenters. The van der Waals surface area contributed by atoms with Crippen molar-refractivity contribution in [3.63, 3.8) is 0 Å². The first-order valence-corrected chi connectivity index (χ1v) is 5.63. The summed E-state index contributed by atoms with van der Waals surface area (Å²) in [5.74, 6) is -1.75. The lowest BCUT2D eigenvalue weighted by Crippen LogP contribution is -2.50. The minimum atomic E-state index is -0.886. The van der Waals surface area contributed by atoms with Crippen molar-refractivity contribution in [2.45, 2.75) is 19.4 Å². The summed E-state index contributed by atoms with van der Waals surface area (Å²) in [6.45, 7) is 2.88. The third-order valence-corrected chi connectivity index (χ3v) is 2.35. The van der Waals surface area contributed by atoms with Crippen LogP contribution in [-0.2, 0) is 9.59 Å². The molecular weight excluding hydrogens is 246 g/mol. The van der Waals surface area contributed by atoms with Gasteiger partial charge in [0.2, 0.25) is 0 Å². The van der Waals surface area contributed by atoms with Gasteiger partial charge < -0.3 is 15.7 Å². The number of carbonyl (C=O) groups is 2. The van der Waals surface area contributed by atoms with Crippen LogP contribution in [0.25, 0.3) is 0 Å². The predicted octanol–water partition coefficient (Wildman–Crippen LogP) is 0.384. The average molecular weight is 261 g/mol. The van der Waals surface area contributed by atoms with Crippen molar-refractivity contribution in [2.24, 2.45) is 0 Å². The van der Waals surface area contributed by atoms with Crippen LogP contribution in [0.3, 0.4) is 0 Å². The van der Waals surface area contributed by atoms with Gasteiger partial charge in [-0.3, -0.25) is 9.59 Å². The van der Waals surface area contributed by atoms with Crippen molar-refractivity contribution in [3.8, 4) is 6.07 Å². The summed E-state index contributed by atoms with van der Waals surface area (Å²) in [7, 11) is 0. The van der Waals surface area contributed by atoms with E-state index in [9.17, 15) is 9.59 Å². The van der Waals surface area contributed by atoms with Crippen molar-refractivity contribution >= 4 is 17.5 Å². The number of nitrogens with one attached hydrogen (secondary N) is 2. The molecule has 2 amide bonds. The summed E-state index contributed by atoms with van der Waals surface area (Å²) in [6.07, 6.45) is 0. The smallest absolute Gasteiger partial charge is 0.313 e. The fourth-order valence-electron chi connectivity index (χ4n) is 1.27. The highest BCUT2D eigenvalue weighted by atomic mass is 16.3. The molecule has 0 bridgehead atoms. The molecule has 0 radical (unpaired) electrons. The number of nitriles is 1. The predicted molar refractivity (Wildman–Crippen MR) is 69.1 cm³/mol. The Morgan fingerprint density at radius 1 is 1.32 bits per heavy atom. The number of para-hydroxylation sites is 1. The van der Waals surface area contributed by atoms with Gasteiger partial charge in [0.25, 0.3) is 0 Å². The standard InChI is InChI=1S/C13H15N3O3/c1-13(2,8-17)16-12(19)11(18)15-10-6-4-3-5-9(10)7-14/h3-6,17H,8H2,1-2H3,(H,15,18)(H,16,19). The first kappa shape index (κ1) is 14.7. The molecule has 6 heteroatoms. The highest BCUT2D eigenvalue weighted by Crippen LogP contribution is 2.13. The Hall–Kier alpha value is -2.39. The second kappa shape index (κ2) is 5.98. The third-order valence-electron chi connectivity index (χ3n) is 2.35. The SMILES string of the molecule is CC(C)(CO)NC(=O)C(=O)Nc1ccccc1C#N. The molecule has 0 spiro atoms. The first-order chi connectivity index (χ1) is 8.89. The van der Waals surface area contributed by atoms with Crippen LogP contribution in [0.5, 0.6) is 0 Å². The number of nitrogens with zero attached hydrogens (tertiary/aromatic N) is 1. The first-order valence-electron chi connectivity index (χ1n) is 5.63. The molecule has 1 aromatic carbocycles. The van der Waals surface area contributed by atoms with E-state index in [4.69, 9.17) is 10.4 Å². The highest BCUT2D eigenvalue weighted by Gasteiger charge is 2.24. The summed E-state index contributed by atoms with van der Waals surface area (Å²) in [4.78, 5) is 23.3. The molecule has 0 saturated heterocycles. The lowest BCUT2D eigenvalue weighted by molar-refractivity contribution is -0.137. The topological polar surface area (TPSA) is 102 Å². The maximum atomic E-state index is 11.7. The summed E-state index contributed by atoms with van der Waals surface area (Å²) in [6, 6.07) is 8.28. The van der Waals surface area contributed by atoms with Gasteiger partial charge in [0, 0.05) is 0 Å². The summed E-state index contributed by atoms with van der Waals surface area (Å²) in [5, 5.41) is 22.6. The van der Waals surface area contributed by atoms with Gasteiger partial charge in [-0.25, -0.2) is 0 Å². The van der Waals surface area contributed by atoms with Gasteiger partial charge in [0.05, 0.1) is 23.4 Å². The quantitative estimate of drug-likeness (QED) is 0.684. The maximum Gasteiger partial charge on any atom is 0.313 e. The second-order valence-electron chi connectivity index (χ2n) is 4.61. The number of hydrogen-bond donors (Lipinski definition) is 3. The summed E-state index contributed by atoms with van der Waals surface area (Å²) >= 11 is 0. The minimum Gasteiger partial charge on any atom is -0.394 e. The van der Waals surface area contributed by atoms with E-state index in [0.29, 0.717) is 0 Å². The molecule has 19 heavy (non-hydrogen) atoms. The van der Waals surface area contributed by atoms with Crippen LogP contribution in [0.4, 0.5) is 5.69 Å². The van der Waals surface area contributed by atoms with Crippen LogP contribution < -0.4 is 10.6 Å². The Morgan fingerprint density at radius 3 is 2.53 bits per heavy atom. The second-order valence-corrected chi connectivity index (χ2v) is 4.61. The zero-order valence-electron chi connectivity index (χ0n) is 10.7. The monoisotopic (exact) mass is 261 g/mol. The number of aliphatic hydroxyl groups excluding tert-OH is 1. The van der Waals surface area contributed by atoms with Crippen molar-refractivity contribution in [2.75, 3.05) is 11.9 Å². The van der Waals surface area contributed by atoms with Crippen molar-refractivity contribution < 1.29 is 14.7 Å². The fraction of sp³-hybridized carbons (Fsp3) is 0.308. The Kier molecular flexibility index (Phi) is 4.62. The summed E-state index contributed by atoms with van der Waals surface area (Å²) < 4.78 is 0. The van der Waals surface area contributed by atoms with Crippen LogP contribution in [-0.4, -0.2) is 29.1 Å². The van der Waals surface area contributed by atoms with Gasteiger partial charge >= 0.3 is 11.8 Å². The molecule has 0 unspecified atom stereocenters. The van der Waals surface area contributed by atoms with E-state index in [1.807, 2.05) is 6.07 Å². The molecule has 1 aromatic rings. The van der Waals surface area contributed by atoms with Gasteiger partial charge in [0.1, 0.15) is 6.07 Å². The van der Waals surface area contributed by atoms with E-state index in [2.05, 4.69) is 10.6 Å². The van der Waals surface area contributed by atoms with Gasteiger partial charge in [-0.05, 0) is 26.0 Å². The van der Waals surface area contributed by atoms with Crippen molar-refractivity contribution in [1.29, 1.82) is 5.26 Å². The van der Waals surface area contributed by atoms with Gasteiger partial charge in [-0.2, -0.15) is 5.26 Å². The van der Waals surface area contributed by atoms with Crippen LogP contribution >= 0.6 is 0 Å².